The number of hydrogen-bond acceptors (Lipinski definition) is 4. The number of aliphatic imine (C=N–C) groups is 1. The molecule has 1 N–H and O–H groups in total. The topological polar surface area (TPSA) is 74.2 Å². The van der Waals surface area contributed by atoms with Crippen LogP contribution in [0.5, 0.6) is 0 Å². The van der Waals surface area contributed by atoms with E-state index in [0.717, 1.165) is 33.5 Å². The number of nitrogens with one attached hydrogen (secondary N) is 1. The molecule has 0 fully saturated rings. The van der Waals surface area contributed by atoms with E-state index >= 15 is 0 Å². The second kappa shape index (κ2) is 7.16. The molecule has 140 valence electrons. The van der Waals surface area contributed by atoms with Crippen molar-refractivity contribution in [3.63, 3.8) is 0 Å². The summed E-state index contributed by atoms with van der Waals surface area (Å²) in [4.78, 5) is 23.3. The van der Waals surface area contributed by atoms with Gasteiger partial charge in [-0.2, -0.15) is 5.10 Å². The van der Waals surface area contributed by atoms with Gasteiger partial charge in [-0.25, -0.2) is 0 Å². The predicted octanol–water partition coefficient (Wildman–Crippen LogP) is 4.49. The summed E-state index contributed by atoms with van der Waals surface area (Å²) in [6.07, 6.45) is 9.21. The Morgan fingerprint density at radius 2 is 1.90 bits per heavy atom. The number of aromatic amines is 1. The zero-order valence-electron chi connectivity index (χ0n) is 15.5. The third kappa shape index (κ3) is 3.21. The van der Waals surface area contributed by atoms with Gasteiger partial charge in [-0.1, -0.05) is 18.2 Å². The van der Waals surface area contributed by atoms with Crippen LogP contribution in [-0.2, 0) is 0 Å². The molecular weight excluding hydrogens is 362 g/mol. The fourth-order valence-corrected chi connectivity index (χ4v) is 3.42. The number of carbonyl (C=O) groups excluding carboxylic acids is 1. The van der Waals surface area contributed by atoms with Crippen molar-refractivity contribution in [2.45, 2.75) is 0 Å². The lowest BCUT2D eigenvalue weighted by Gasteiger charge is -2.25. The minimum Gasteiger partial charge on any atom is -0.301 e. The van der Waals surface area contributed by atoms with Crippen LogP contribution in [0.15, 0.2) is 72.0 Å². The Hall–Kier alpha value is -4.06. The van der Waals surface area contributed by atoms with Gasteiger partial charge in [-0.15, -0.1) is 0 Å². The van der Waals surface area contributed by atoms with Crippen LogP contribution >= 0.6 is 0 Å². The average Bonchev–Trinajstić information content (AvgIpc) is 3.20. The minimum atomic E-state index is -0.0611. The Morgan fingerprint density at radius 1 is 1.03 bits per heavy atom. The summed E-state index contributed by atoms with van der Waals surface area (Å²) in [7, 11) is 0. The molecule has 6 nitrogen and oxygen atoms in total. The Morgan fingerprint density at radius 3 is 2.79 bits per heavy atom. The molecule has 0 aliphatic carbocycles. The van der Waals surface area contributed by atoms with E-state index in [2.05, 4.69) is 20.2 Å². The first-order chi connectivity index (χ1) is 14.3. The van der Waals surface area contributed by atoms with Gasteiger partial charge in [-0.3, -0.25) is 19.9 Å². The number of benzene rings is 2. The highest BCUT2D eigenvalue weighted by Gasteiger charge is 2.22. The molecular formula is C23H17N5O. The summed E-state index contributed by atoms with van der Waals surface area (Å²) in [5, 5.41) is 8.38. The zero-order chi connectivity index (χ0) is 19.6. The van der Waals surface area contributed by atoms with Crippen LogP contribution in [0.2, 0.25) is 0 Å². The molecule has 0 bridgehead atoms. The first-order valence-electron chi connectivity index (χ1n) is 9.29. The van der Waals surface area contributed by atoms with E-state index in [1.54, 1.807) is 23.5 Å². The normalized spacial score (nSPS) is 13.2. The average molecular weight is 379 g/mol. The number of aromatic nitrogens is 3. The van der Waals surface area contributed by atoms with Gasteiger partial charge in [0, 0.05) is 29.6 Å². The number of pyridine rings is 1. The van der Waals surface area contributed by atoms with E-state index in [1.165, 1.54) is 0 Å². The number of nitrogens with zero attached hydrogens (tertiary/aromatic N) is 4. The van der Waals surface area contributed by atoms with Gasteiger partial charge in [0.2, 0.25) is 0 Å². The molecule has 6 heteroatoms. The van der Waals surface area contributed by atoms with Crippen LogP contribution in [0, 0.1) is 0 Å². The van der Waals surface area contributed by atoms with Gasteiger partial charge in [0.25, 0.3) is 5.91 Å². The first-order valence-corrected chi connectivity index (χ1v) is 9.29. The lowest BCUT2D eigenvalue weighted by Crippen LogP contribution is -2.34. The van der Waals surface area contributed by atoms with Crippen molar-refractivity contribution in [2.24, 2.45) is 4.99 Å². The van der Waals surface area contributed by atoms with Crippen LogP contribution in [0.25, 0.3) is 23.1 Å². The molecule has 0 unspecified atom stereocenters. The molecule has 4 aromatic rings. The molecule has 1 aliphatic rings. The molecule has 2 aromatic carbocycles. The fourth-order valence-electron chi connectivity index (χ4n) is 3.42. The Labute approximate surface area is 167 Å². The Bertz CT molecular complexity index is 1260. The molecule has 29 heavy (non-hydrogen) atoms. The van der Waals surface area contributed by atoms with Gasteiger partial charge in [0.1, 0.15) is 0 Å². The number of H-pyrrole nitrogens is 1. The smallest absolute Gasteiger partial charge is 0.258 e. The lowest BCUT2D eigenvalue weighted by molar-refractivity contribution is 0.0990. The predicted molar refractivity (Wildman–Crippen MR) is 116 cm³/mol. The van der Waals surface area contributed by atoms with E-state index in [4.69, 9.17) is 0 Å². The molecule has 5 rings (SSSR count). The lowest BCUT2D eigenvalue weighted by atomic mass is 10.1. The fraction of sp³-hybridized carbons (Fsp3) is 0.0435. The molecule has 0 radical (unpaired) electrons. The summed E-state index contributed by atoms with van der Waals surface area (Å²) < 4.78 is 0. The van der Waals surface area contributed by atoms with Crippen LogP contribution in [-0.4, -0.2) is 33.8 Å². The van der Waals surface area contributed by atoms with Crippen LogP contribution in [0.4, 0.5) is 11.4 Å². The van der Waals surface area contributed by atoms with Crippen molar-refractivity contribution in [2.75, 3.05) is 11.4 Å². The highest BCUT2D eigenvalue weighted by Crippen LogP contribution is 2.31. The molecule has 0 saturated carbocycles. The third-order valence-electron chi connectivity index (χ3n) is 4.89. The molecule has 0 spiro atoms. The zero-order valence-corrected chi connectivity index (χ0v) is 15.5. The number of hydrogen-bond donors (Lipinski definition) is 1. The van der Waals surface area contributed by atoms with Gasteiger partial charge >= 0.3 is 0 Å². The van der Waals surface area contributed by atoms with Gasteiger partial charge in [0.15, 0.2) is 0 Å². The van der Waals surface area contributed by atoms with E-state index in [1.807, 2.05) is 66.7 Å². The van der Waals surface area contributed by atoms with Crippen LogP contribution < -0.4 is 4.90 Å². The van der Waals surface area contributed by atoms with Gasteiger partial charge in [0.05, 0.1) is 29.1 Å². The van der Waals surface area contributed by atoms with Crippen molar-refractivity contribution >= 4 is 46.6 Å². The largest absolute Gasteiger partial charge is 0.301 e. The van der Waals surface area contributed by atoms with Crippen LogP contribution in [0.1, 0.15) is 21.6 Å². The molecule has 3 heterocycles. The van der Waals surface area contributed by atoms with Crippen molar-refractivity contribution in [3.05, 3.63) is 83.8 Å². The highest BCUT2D eigenvalue weighted by molar-refractivity contribution is 6.11. The number of anilines is 1. The number of carbonyl (C=O) groups is 1. The Kier molecular flexibility index (Phi) is 4.22. The first kappa shape index (κ1) is 17.1. The molecule has 0 saturated heterocycles. The van der Waals surface area contributed by atoms with E-state index < -0.39 is 0 Å². The van der Waals surface area contributed by atoms with Crippen molar-refractivity contribution in [1.82, 2.24) is 15.2 Å². The maximum atomic E-state index is 13.1. The summed E-state index contributed by atoms with van der Waals surface area (Å²) in [5.41, 5.74) is 4.93. The second-order valence-electron chi connectivity index (χ2n) is 6.70. The van der Waals surface area contributed by atoms with Gasteiger partial charge in [-0.05, 0) is 54.1 Å². The van der Waals surface area contributed by atoms with Crippen molar-refractivity contribution < 1.29 is 4.79 Å². The summed E-state index contributed by atoms with van der Waals surface area (Å²) in [5.74, 6) is -0.0611. The monoisotopic (exact) mass is 379 g/mol. The quantitative estimate of drug-likeness (QED) is 0.570. The molecule has 1 amide bonds. The minimum absolute atomic E-state index is 0.0611. The third-order valence-corrected chi connectivity index (χ3v) is 4.89. The Balaban J connectivity index is 1.45. The maximum Gasteiger partial charge on any atom is 0.258 e. The highest BCUT2D eigenvalue weighted by atomic mass is 16.2. The number of rotatable bonds is 3. The van der Waals surface area contributed by atoms with Gasteiger partial charge < -0.3 is 4.90 Å². The maximum absolute atomic E-state index is 13.1. The molecule has 0 atom stereocenters. The number of para-hydroxylation sites is 2. The van der Waals surface area contributed by atoms with Crippen molar-refractivity contribution in [3.8, 4) is 0 Å². The standard InChI is InChI=1S/C23H17N5O/c29-23(28-14-13-25-20-3-1-2-4-22(20)28)17-6-7-18-19(26-27-21(18)15-17)8-5-16-9-11-24-12-10-16/h1-13,15H,14H2,(H,26,27)/b8-5+. The number of fused-ring (bicyclic) bond motifs is 2. The molecule has 2 aromatic heterocycles. The van der Waals surface area contributed by atoms with E-state index in [-0.39, 0.29) is 5.91 Å². The van der Waals surface area contributed by atoms with E-state index in [9.17, 15) is 4.79 Å². The van der Waals surface area contributed by atoms with Crippen molar-refractivity contribution in [1.29, 1.82) is 0 Å². The summed E-state index contributed by atoms with van der Waals surface area (Å²) >= 11 is 0. The van der Waals surface area contributed by atoms with Crippen LogP contribution in [0.3, 0.4) is 0 Å². The SMILES string of the molecule is O=C(c1ccc2c(/C=C/c3ccncc3)n[nH]c2c1)N1CC=Nc2ccccc21. The molecule has 1 aliphatic heterocycles. The van der Waals surface area contributed by atoms with E-state index in [0.29, 0.717) is 12.1 Å². The second-order valence-corrected chi connectivity index (χ2v) is 6.70. The summed E-state index contributed by atoms with van der Waals surface area (Å²) in [6, 6.07) is 17.2. The summed E-state index contributed by atoms with van der Waals surface area (Å²) in [6.45, 7) is 0.455. The number of amides is 1.